The van der Waals surface area contributed by atoms with Crippen molar-refractivity contribution in [3.63, 3.8) is 0 Å². The zero-order chi connectivity index (χ0) is 31.5. The van der Waals surface area contributed by atoms with Gasteiger partial charge in [0, 0.05) is 33.2 Å². The number of hydrogen-bond acceptors (Lipinski definition) is 2. The van der Waals surface area contributed by atoms with Gasteiger partial charge in [-0.25, -0.2) is 0 Å². The maximum atomic E-state index is 6.32. The second-order valence-electron chi connectivity index (χ2n) is 13.0. The molecule has 7 aromatic carbocycles. The molecule has 0 spiro atoms. The number of anilines is 3. The summed E-state index contributed by atoms with van der Waals surface area (Å²) in [7, 11) is 0. The van der Waals surface area contributed by atoms with Crippen LogP contribution in [0.2, 0.25) is 0 Å². The lowest BCUT2D eigenvalue weighted by Crippen LogP contribution is -2.16. The van der Waals surface area contributed by atoms with Crippen molar-refractivity contribution < 1.29 is 4.42 Å². The molecule has 1 aliphatic carbocycles. The Bertz CT molecular complexity index is 2420. The van der Waals surface area contributed by atoms with Gasteiger partial charge in [0.25, 0.3) is 0 Å². The van der Waals surface area contributed by atoms with Gasteiger partial charge >= 0.3 is 0 Å². The van der Waals surface area contributed by atoms with E-state index in [2.05, 4.69) is 176 Å². The maximum absolute atomic E-state index is 6.32. The summed E-state index contributed by atoms with van der Waals surface area (Å²) in [5.74, 6) is 0. The van der Waals surface area contributed by atoms with Crippen LogP contribution in [0, 0.1) is 0 Å². The highest BCUT2D eigenvalue weighted by Crippen LogP contribution is 2.54. The summed E-state index contributed by atoms with van der Waals surface area (Å²) in [5.41, 5.74) is 15.1. The van der Waals surface area contributed by atoms with Gasteiger partial charge in [0.2, 0.25) is 0 Å². The van der Waals surface area contributed by atoms with E-state index in [0.717, 1.165) is 28.2 Å². The topological polar surface area (TPSA) is 16.4 Å². The first-order valence-electron chi connectivity index (χ1n) is 16.3. The number of hydrogen-bond donors (Lipinski definition) is 0. The molecule has 224 valence electrons. The van der Waals surface area contributed by atoms with Crippen LogP contribution in [0.5, 0.6) is 0 Å². The number of rotatable bonds is 5. The summed E-state index contributed by atoms with van der Waals surface area (Å²) >= 11 is 0. The average Bonchev–Trinajstić information content (AvgIpc) is 3.61. The highest BCUT2D eigenvalue weighted by Gasteiger charge is 2.38. The predicted molar refractivity (Wildman–Crippen MR) is 197 cm³/mol. The fraction of sp³-hybridized carbons (Fsp3) is 0.0667. The van der Waals surface area contributed by atoms with Crippen LogP contribution >= 0.6 is 0 Å². The molecule has 9 rings (SSSR count). The third-order valence-electron chi connectivity index (χ3n) is 9.86. The van der Waals surface area contributed by atoms with Crippen molar-refractivity contribution in [3.05, 3.63) is 175 Å². The third kappa shape index (κ3) is 4.40. The van der Waals surface area contributed by atoms with Gasteiger partial charge in [0.1, 0.15) is 11.2 Å². The maximum Gasteiger partial charge on any atom is 0.136 e. The van der Waals surface area contributed by atoms with Crippen molar-refractivity contribution in [2.24, 2.45) is 0 Å². The molecule has 0 unspecified atom stereocenters. The third-order valence-corrected chi connectivity index (χ3v) is 9.86. The molecule has 0 bridgehead atoms. The molecule has 0 saturated heterocycles. The molecule has 1 aromatic heterocycles. The Morgan fingerprint density at radius 1 is 0.447 bits per heavy atom. The zero-order valence-corrected chi connectivity index (χ0v) is 26.4. The molecule has 0 atom stereocenters. The van der Waals surface area contributed by atoms with Crippen LogP contribution in [-0.2, 0) is 5.41 Å². The Labute approximate surface area is 275 Å². The lowest BCUT2D eigenvalue weighted by Gasteiger charge is -2.28. The van der Waals surface area contributed by atoms with Gasteiger partial charge in [-0.05, 0) is 93.0 Å². The second kappa shape index (κ2) is 10.6. The molecule has 0 aliphatic heterocycles. The number of fused-ring (bicyclic) bond motifs is 7. The normalized spacial score (nSPS) is 13.1. The van der Waals surface area contributed by atoms with Crippen LogP contribution < -0.4 is 4.90 Å². The largest absolute Gasteiger partial charge is 0.456 e. The lowest BCUT2D eigenvalue weighted by atomic mass is 9.82. The first-order chi connectivity index (χ1) is 23.1. The summed E-state index contributed by atoms with van der Waals surface area (Å²) < 4.78 is 6.32. The number of para-hydroxylation sites is 1. The summed E-state index contributed by atoms with van der Waals surface area (Å²) in [6.07, 6.45) is 0. The molecule has 2 nitrogen and oxygen atoms in total. The van der Waals surface area contributed by atoms with Crippen LogP contribution in [0.3, 0.4) is 0 Å². The second-order valence-corrected chi connectivity index (χ2v) is 13.0. The van der Waals surface area contributed by atoms with E-state index in [4.69, 9.17) is 4.42 Å². The molecule has 0 N–H and O–H groups in total. The van der Waals surface area contributed by atoms with Crippen molar-refractivity contribution in [2.75, 3.05) is 4.90 Å². The smallest absolute Gasteiger partial charge is 0.136 e. The van der Waals surface area contributed by atoms with Gasteiger partial charge in [-0.1, -0.05) is 129 Å². The summed E-state index contributed by atoms with van der Waals surface area (Å²) in [6.45, 7) is 4.70. The number of benzene rings is 7. The molecule has 0 radical (unpaired) electrons. The minimum Gasteiger partial charge on any atom is -0.456 e. The Balaban J connectivity index is 1.22. The first-order valence-corrected chi connectivity index (χ1v) is 16.3. The Morgan fingerprint density at radius 2 is 1.06 bits per heavy atom. The monoisotopic (exact) mass is 603 g/mol. The quantitative estimate of drug-likeness (QED) is 0.195. The molecule has 8 aromatic rings. The van der Waals surface area contributed by atoms with E-state index in [1.165, 1.54) is 55.3 Å². The molecular formula is C45H33NO. The summed E-state index contributed by atoms with van der Waals surface area (Å²) in [5, 5.41) is 2.38. The van der Waals surface area contributed by atoms with Gasteiger partial charge in [0.15, 0.2) is 0 Å². The first kappa shape index (κ1) is 27.5. The highest BCUT2D eigenvalue weighted by atomic mass is 16.3. The van der Waals surface area contributed by atoms with E-state index in [1.54, 1.807) is 0 Å². The number of nitrogens with zero attached hydrogens (tertiary/aromatic N) is 1. The number of furan rings is 1. The molecule has 0 fully saturated rings. The van der Waals surface area contributed by atoms with Gasteiger partial charge in [-0.3, -0.25) is 0 Å². The van der Waals surface area contributed by atoms with Crippen molar-refractivity contribution in [2.45, 2.75) is 19.3 Å². The minimum atomic E-state index is -0.179. The van der Waals surface area contributed by atoms with Crippen molar-refractivity contribution in [3.8, 4) is 33.4 Å². The van der Waals surface area contributed by atoms with E-state index >= 15 is 0 Å². The van der Waals surface area contributed by atoms with Gasteiger partial charge < -0.3 is 9.32 Å². The van der Waals surface area contributed by atoms with Crippen LogP contribution in [0.1, 0.15) is 25.0 Å². The fourth-order valence-corrected chi connectivity index (χ4v) is 7.50. The SMILES string of the molecule is CC1(C)c2cc(N(c3ccc(-c4ccccc4)cc3)c3cccc(-c4ccccc4)c3)ccc2-c2c1ccc1oc3ccccc3c21. The minimum absolute atomic E-state index is 0.179. The Morgan fingerprint density at radius 3 is 1.83 bits per heavy atom. The molecule has 1 aliphatic rings. The van der Waals surface area contributed by atoms with E-state index in [0.29, 0.717) is 0 Å². The molecule has 0 amide bonds. The van der Waals surface area contributed by atoms with Crippen molar-refractivity contribution in [1.29, 1.82) is 0 Å². The standard InChI is InChI=1S/C45H33NO/c1-45(2)39-26-27-42-44(38-18-9-10-19-41(38)47-42)43(39)37-25-24-36(29-40(37)45)46(34-22-20-32(21-23-34)30-12-5-3-6-13-30)35-17-11-16-33(28-35)31-14-7-4-8-15-31/h3-29H,1-2H3. The van der Waals surface area contributed by atoms with Crippen LogP contribution in [-0.4, -0.2) is 0 Å². The van der Waals surface area contributed by atoms with Crippen LogP contribution in [0.4, 0.5) is 17.1 Å². The Hall–Kier alpha value is -5.86. The zero-order valence-electron chi connectivity index (χ0n) is 26.4. The van der Waals surface area contributed by atoms with Crippen LogP contribution in [0.25, 0.3) is 55.3 Å². The molecular weight excluding hydrogens is 571 g/mol. The summed E-state index contributed by atoms with van der Waals surface area (Å²) in [4.78, 5) is 2.39. The predicted octanol–water partition coefficient (Wildman–Crippen LogP) is 12.7. The van der Waals surface area contributed by atoms with E-state index in [1.807, 2.05) is 6.07 Å². The van der Waals surface area contributed by atoms with Crippen LogP contribution in [0.15, 0.2) is 168 Å². The van der Waals surface area contributed by atoms with Crippen molar-refractivity contribution in [1.82, 2.24) is 0 Å². The molecule has 2 heteroatoms. The van der Waals surface area contributed by atoms with E-state index < -0.39 is 0 Å². The van der Waals surface area contributed by atoms with E-state index in [-0.39, 0.29) is 5.41 Å². The summed E-state index contributed by atoms with van der Waals surface area (Å²) in [6, 6.07) is 58.8. The lowest BCUT2D eigenvalue weighted by molar-refractivity contribution is 0.656. The average molecular weight is 604 g/mol. The van der Waals surface area contributed by atoms with Gasteiger partial charge in [-0.15, -0.1) is 0 Å². The molecule has 1 heterocycles. The van der Waals surface area contributed by atoms with Gasteiger partial charge in [0.05, 0.1) is 0 Å². The molecule has 47 heavy (non-hydrogen) atoms. The fourth-order valence-electron chi connectivity index (χ4n) is 7.50. The van der Waals surface area contributed by atoms with E-state index in [9.17, 15) is 0 Å². The Kier molecular flexibility index (Phi) is 6.20. The highest BCUT2D eigenvalue weighted by molar-refractivity contribution is 6.15. The van der Waals surface area contributed by atoms with Gasteiger partial charge in [-0.2, -0.15) is 0 Å². The molecule has 0 saturated carbocycles. The van der Waals surface area contributed by atoms with Crippen molar-refractivity contribution >= 4 is 39.0 Å².